The second-order valence-corrected chi connectivity index (χ2v) is 7.22. The lowest BCUT2D eigenvalue weighted by Crippen LogP contribution is -2.25. The number of nitrogens with zero attached hydrogens (tertiary/aromatic N) is 1. The Kier molecular flexibility index (Phi) is 7.31. The van der Waals surface area contributed by atoms with E-state index in [4.69, 9.17) is 9.47 Å². The number of carbonyl (C=O) groups is 1. The summed E-state index contributed by atoms with van der Waals surface area (Å²) in [5.74, 6) is 1.10. The van der Waals surface area contributed by atoms with Crippen molar-refractivity contribution in [2.24, 2.45) is 0 Å². The number of rotatable bonds is 10. The number of ether oxygens (including phenoxy) is 2. The fraction of sp³-hybridized carbons (Fsp3) is 0.435. The van der Waals surface area contributed by atoms with Crippen molar-refractivity contribution < 1.29 is 14.3 Å². The van der Waals surface area contributed by atoms with E-state index in [1.807, 2.05) is 0 Å². The second kappa shape index (κ2) is 10.1. The minimum atomic E-state index is -0.102. The molecule has 0 aromatic heterocycles. The zero-order chi connectivity index (χ0) is 19.8. The highest BCUT2D eigenvalue weighted by molar-refractivity contribution is 5.97. The van der Waals surface area contributed by atoms with Gasteiger partial charge in [0.2, 0.25) is 0 Å². The van der Waals surface area contributed by atoms with Crippen LogP contribution in [0.25, 0.3) is 0 Å². The Balaban J connectivity index is 1.30. The second-order valence-electron chi connectivity index (χ2n) is 7.22. The summed E-state index contributed by atoms with van der Waals surface area (Å²) in [5.41, 5.74) is 3.48. The molecule has 0 radical (unpaired) electrons. The van der Waals surface area contributed by atoms with Gasteiger partial charge in [-0.1, -0.05) is 37.1 Å². The number of benzene rings is 2. The van der Waals surface area contributed by atoms with Crippen molar-refractivity contribution in [3.63, 3.8) is 0 Å². The lowest BCUT2D eigenvalue weighted by atomic mass is 10.1. The van der Waals surface area contributed by atoms with E-state index in [0.29, 0.717) is 23.6 Å². The van der Waals surface area contributed by atoms with Crippen LogP contribution in [0, 0.1) is 0 Å². The molecule has 3 rings (SSSR count). The van der Waals surface area contributed by atoms with Gasteiger partial charge in [-0.2, -0.15) is 0 Å². The normalized spacial score (nSPS) is 13.2. The predicted octanol–water partition coefficient (Wildman–Crippen LogP) is 4.01. The van der Waals surface area contributed by atoms with Crippen molar-refractivity contribution in [1.82, 2.24) is 10.2 Å². The highest BCUT2D eigenvalue weighted by Crippen LogP contribution is 2.24. The highest BCUT2D eigenvalue weighted by Gasteiger charge is 2.17. The van der Waals surface area contributed by atoms with E-state index in [1.165, 1.54) is 24.0 Å². The number of unbranched alkanes of at least 4 members (excludes halogenated alkanes) is 3. The van der Waals surface area contributed by atoms with Gasteiger partial charge in [0.05, 0.1) is 19.8 Å². The van der Waals surface area contributed by atoms with Gasteiger partial charge < -0.3 is 14.8 Å². The quantitative estimate of drug-likeness (QED) is 0.631. The summed E-state index contributed by atoms with van der Waals surface area (Å²) >= 11 is 0. The maximum absolute atomic E-state index is 12.4. The smallest absolute Gasteiger partial charge is 0.255 e. The molecule has 0 fully saturated rings. The number of amides is 1. The summed E-state index contributed by atoms with van der Waals surface area (Å²) in [6, 6.07) is 13.9. The molecule has 28 heavy (non-hydrogen) atoms. The lowest BCUT2D eigenvalue weighted by Gasteiger charge is -2.14. The van der Waals surface area contributed by atoms with Crippen molar-refractivity contribution in [1.29, 1.82) is 0 Å². The number of hydrogen-bond donors (Lipinski definition) is 1. The molecule has 0 spiro atoms. The van der Waals surface area contributed by atoms with Crippen LogP contribution < -0.4 is 14.8 Å². The van der Waals surface area contributed by atoms with E-state index in [9.17, 15) is 4.79 Å². The van der Waals surface area contributed by atoms with Gasteiger partial charge >= 0.3 is 0 Å². The predicted molar refractivity (Wildman–Crippen MR) is 111 cm³/mol. The van der Waals surface area contributed by atoms with Gasteiger partial charge in [-0.25, -0.2) is 0 Å². The fourth-order valence-corrected chi connectivity index (χ4v) is 3.66. The first kappa shape index (κ1) is 20.2. The van der Waals surface area contributed by atoms with E-state index in [1.54, 1.807) is 32.4 Å². The molecule has 1 amide bonds. The fourth-order valence-electron chi connectivity index (χ4n) is 3.66. The molecular formula is C23H30N2O3. The topological polar surface area (TPSA) is 50.8 Å². The molecule has 1 heterocycles. The maximum atomic E-state index is 12.4. The molecular weight excluding hydrogens is 352 g/mol. The maximum Gasteiger partial charge on any atom is 0.255 e. The molecule has 5 nitrogen and oxygen atoms in total. The summed E-state index contributed by atoms with van der Waals surface area (Å²) < 4.78 is 10.5. The molecule has 2 aromatic rings. The van der Waals surface area contributed by atoms with Gasteiger partial charge in [-0.05, 0) is 42.6 Å². The molecule has 1 N–H and O–H groups in total. The first-order chi connectivity index (χ1) is 13.7. The third-order valence-corrected chi connectivity index (χ3v) is 5.25. The van der Waals surface area contributed by atoms with Gasteiger partial charge in [0.15, 0.2) is 0 Å². The summed E-state index contributed by atoms with van der Waals surface area (Å²) in [7, 11) is 3.15. The number of carbonyl (C=O) groups excluding carboxylic acids is 1. The first-order valence-electron chi connectivity index (χ1n) is 10.0. The van der Waals surface area contributed by atoms with Crippen LogP contribution in [0.4, 0.5) is 0 Å². The highest BCUT2D eigenvalue weighted by atomic mass is 16.5. The number of methoxy groups -OCH3 is 2. The first-order valence-corrected chi connectivity index (χ1v) is 10.0. The van der Waals surface area contributed by atoms with E-state index >= 15 is 0 Å². The van der Waals surface area contributed by atoms with E-state index in [2.05, 4.69) is 34.5 Å². The number of fused-ring (bicyclic) bond motifs is 1. The van der Waals surface area contributed by atoms with Gasteiger partial charge in [0, 0.05) is 25.7 Å². The Hall–Kier alpha value is -2.53. The Bertz CT molecular complexity index is 766. The molecule has 150 valence electrons. The third-order valence-electron chi connectivity index (χ3n) is 5.25. The molecule has 0 saturated heterocycles. The number of hydrogen-bond acceptors (Lipinski definition) is 4. The third kappa shape index (κ3) is 5.26. The monoisotopic (exact) mass is 382 g/mol. The molecule has 0 atom stereocenters. The molecule has 0 aliphatic carbocycles. The van der Waals surface area contributed by atoms with Crippen LogP contribution in [-0.4, -0.2) is 38.1 Å². The van der Waals surface area contributed by atoms with Crippen molar-refractivity contribution in [3.05, 3.63) is 59.2 Å². The van der Waals surface area contributed by atoms with E-state index in [-0.39, 0.29) is 5.91 Å². The standard InChI is InChI=1S/C23H30N2O3/c1-27-20-11-12-21(22(15-20)28-2)23(26)24-13-7-3-4-8-14-25-16-18-9-5-6-10-19(18)17-25/h5-6,9-12,15H,3-4,7-8,13-14,16-17H2,1-2H3,(H,24,26). The van der Waals surface area contributed by atoms with Crippen molar-refractivity contribution >= 4 is 5.91 Å². The van der Waals surface area contributed by atoms with E-state index < -0.39 is 0 Å². The van der Waals surface area contributed by atoms with Crippen LogP contribution in [0.3, 0.4) is 0 Å². The number of nitrogens with one attached hydrogen (secondary N) is 1. The van der Waals surface area contributed by atoms with Crippen LogP contribution in [0.15, 0.2) is 42.5 Å². The SMILES string of the molecule is COc1ccc(C(=O)NCCCCCCN2Cc3ccccc3C2)c(OC)c1. The van der Waals surface area contributed by atoms with Crippen LogP contribution in [-0.2, 0) is 13.1 Å². The molecule has 1 aliphatic rings. The summed E-state index contributed by atoms with van der Waals surface area (Å²) in [5, 5.41) is 2.98. The van der Waals surface area contributed by atoms with Crippen LogP contribution >= 0.6 is 0 Å². The Morgan fingerprint density at radius 3 is 2.36 bits per heavy atom. The van der Waals surface area contributed by atoms with Crippen molar-refractivity contribution in [2.45, 2.75) is 38.8 Å². The van der Waals surface area contributed by atoms with Gasteiger partial charge in [-0.3, -0.25) is 9.69 Å². The Morgan fingerprint density at radius 2 is 1.68 bits per heavy atom. The Morgan fingerprint density at radius 1 is 0.964 bits per heavy atom. The summed E-state index contributed by atoms with van der Waals surface area (Å²) in [6.07, 6.45) is 4.51. The Labute approximate surface area is 167 Å². The zero-order valence-corrected chi connectivity index (χ0v) is 16.9. The summed E-state index contributed by atoms with van der Waals surface area (Å²) in [4.78, 5) is 14.9. The van der Waals surface area contributed by atoms with Crippen molar-refractivity contribution in [3.8, 4) is 11.5 Å². The average molecular weight is 383 g/mol. The molecule has 5 heteroatoms. The van der Waals surface area contributed by atoms with Gasteiger partial charge in [-0.15, -0.1) is 0 Å². The van der Waals surface area contributed by atoms with Gasteiger partial charge in [0.1, 0.15) is 11.5 Å². The van der Waals surface area contributed by atoms with E-state index in [0.717, 1.165) is 32.5 Å². The van der Waals surface area contributed by atoms with Gasteiger partial charge in [0.25, 0.3) is 5.91 Å². The van der Waals surface area contributed by atoms with Crippen molar-refractivity contribution in [2.75, 3.05) is 27.3 Å². The summed E-state index contributed by atoms with van der Waals surface area (Å²) in [6.45, 7) is 3.99. The zero-order valence-electron chi connectivity index (χ0n) is 16.9. The largest absolute Gasteiger partial charge is 0.497 e. The average Bonchev–Trinajstić information content (AvgIpc) is 3.15. The van der Waals surface area contributed by atoms with Crippen LogP contribution in [0.2, 0.25) is 0 Å². The molecule has 0 unspecified atom stereocenters. The van der Waals surface area contributed by atoms with Crippen LogP contribution in [0.5, 0.6) is 11.5 Å². The molecule has 0 bridgehead atoms. The minimum absolute atomic E-state index is 0.102. The lowest BCUT2D eigenvalue weighted by molar-refractivity contribution is 0.0950. The molecule has 1 aliphatic heterocycles. The molecule has 0 saturated carbocycles. The minimum Gasteiger partial charge on any atom is -0.497 e. The molecule has 2 aromatic carbocycles. The van der Waals surface area contributed by atoms with Crippen LogP contribution in [0.1, 0.15) is 47.2 Å².